The molecule has 2 rings (SSSR count). The van der Waals surface area contributed by atoms with Crippen molar-refractivity contribution in [3.63, 3.8) is 0 Å². The van der Waals surface area contributed by atoms with Gasteiger partial charge >= 0.3 is 0 Å². The van der Waals surface area contributed by atoms with Crippen LogP contribution in [0, 0.1) is 5.41 Å². The summed E-state index contributed by atoms with van der Waals surface area (Å²) in [5.74, 6) is 0.964. The van der Waals surface area contributed by atoms with Crippen LogP contribution in [0.2, 0.25) is 0 Å². The van der Waals surface area contributed by atoms with E-state index in [2.05, 4.69) is 23.7 Å². The number of anilines is 1. The van der Waals surface area contributed by atoms with Gasteiger partial charge in [0.25, 0.3) is 0 Å². The van der Waals surface area contributed by atoms with Crippen molar-refractivity contribution in [1.29, 1.82) is 0 Å². The molecule has 0 unspecified atom stereocenters. The molecule has 1 atom stereocenters. The fourth-order valence-corrected chi connectivity index (χ4v) is 2.61. The third-order valence-electron chi connectivity index (χ3n) is 4.39. The third kappa shape index (κ3) is 2.66. The molecule has 0 aliphatic carbocycles. The first-order valence-electron chi connectivity index (χ1n) is 6.94. The van der Waals surface area contributed by atoms with Crippen LogP contribution in [0.5, 0.6) is 0 Å². The van der Waals surface area contributed by atoms with Crippen LogP contribution in [0.25, 0.3) is 0 Å². The zero-order valence-corrected chi connectivity index (χ0v) is 11.7. The fraction of sp³-hybridized carbons (Fsp3) is 0.667. The molecule has 0 saturated carbocycles. The number of hydrogen-bond acceptors (Lipinski definition) is 3. The molecular weight excluding hydrogens is 224 g/mol. The zero-order valence-electron chi connectivity index (χ0n) is 11.7. The number of nitrogens with zero attached hydrogens (tertiary/aromatic N) is 2. The summed E-state index contributed by atoms with van der Waals surface area (Å²) >= 11 is 0. The smallest absolute Gasteiger partial charge is 0.134 e. The van der Waals surface area contributed by atoms with Gasteiger partial charge in [0.15, 0.2) is 0 Å². The highest BCUT2D eigenvalue weighted by atomic mass is 16.3. The molecule has 0 bridgehead atoms. The standard InChI is InChI=1S/C15H24N2O/c1-4-15(3)7-10-17(11-8-15)14-13(12(2)18)6-5-9-16-14/h5-6,9,12,18H,4,7-8,10-11H2,1-3H3/t12-/m1/s1. The van der Waals surface area contributed by atoms with Gasteiger partial charge in [-0.05, 0) is 31.2 Å². The Bertz CT molecular complexity index is 395. The van der Waals surface area contributed by atoms with Crippen molar-refractivity contribution in [3.05, 3.63) is 23.9 Å². The Kier molecular flexibility index (Phi) is 3.91. The van der Waals surface area contributed by atoms with Crippen molar-refractivity contribution in [2.45, 2.75) is 46.1 Å². The molecule has 1 aliphatic heterocycles. The first-order valence-corrected chi connectivity index (χ1v) is 6.94. The molecule has 0 radical (unpaired) electrons. The lowest BCUT2D eigenvalue weighted by Crippen LogP contribution is -2.39. The number of aromatic nitrogens is 1. The lowest BCUT2D eigenvalue weighted by Gasteiger charge is -2.40. The minimum atomic E-state index is -0.451. The van der Waals surface area contributed by atoms with E-state index in [1.165, 1.54) is 19.3 Å². The molecule has 0 amide bonds. The molecule has 3 nitrogen and oxygen atoms in total. The van der Waals surface area contributed by atoms with E-state index in [9.17, 15) is 5.11 Å². The van der Waals surface area contributed by atoms with Crippen LogP contribution in [-0.4, -0.2) is 23.2 Å². The Morgan fingerprint density at radius 1 is 1.44 bits per heavy atom. The predicted octanol–water partition coefficient (Wildman–Crippen LogP) is 3.15. The van der Waals surface area contributed by atoms with Gasteiger partial charge in [0.2, 0.25) is 0 Å². The fourth-order valence-electron chi connectivity index (χ4n) is 2.61. The molecule has 1 aliphatic rings. The topological polar surface area (TPSA) is 36.4 Å². The van der Waals surface area contributed by atoms with Gasteiger partial charge in [-0.25, -0.2) is 4.98 Å². The molecule has 3 heteroatoms. The summed E-state index contributed by atoms with van der Waals surface area (Å²) in [7, 11) is 0. The maximum Gasteiger partial charge on any atom is 0.134 e. The van der Waals surface area contributed by atoms with Gasteiger partial charge < -0.3 is 10.0 Å². The molecule has 1 N–H and O–H groups in total. The Balaban J connectivity index is 2.15. The summed E-state index contributed by atoms with van der Waals surface area (Å²) in [5.41, 5.74) is 1.42. The molecule has 1 fully saturated rings. The summed E-state index contributed by atoms with van der Waals surface area (Å²) in [6, 6.07) is 3.87. The van der Waals surface area contributed by atoms with Gasteiger partial charge in [-0.2, -0.15) is 0 Å². The number of rotatable bonds is 3. The van der Waals surface area contributed by atoms with E-state index >= 15 is 0 Å². The molecule has 1 saturated heterocycles. The number of aliphatic hydroxyl groups excluding tert-OH is 1. The normalized spacial score (nSPS) is 20.8. The number of aliphatic hydroxyl groups is 1. The molecule has 0 spiro atoms. The minimum absolute atomic E-state index is 0.451. The Hall–Kier alpha value is -1.09. The zero-order chi connectivity index (χ0) is 13.2. The maximum atomic E-state index is 9.82. The van der Waals surface area contributed by atoms with Gasteiger partial charge in [0.1, 0.15) is 5.82 Å². The largest absolute Gasteiger partial charge is 0.389 e. The second kappa shape index (κ2) is 5.27. The number of piperidine rings is 1. The monoisotopic (exact) mass is 248 g/mol. The van der Waals surface area contributed by atoms with Gasteiger partial charge in [0.05, 0.1) is 6.10 Å². The highest BCUT2D eigenvalue weighted by Gasteiger charge is 2.29. The van der Waals surface area contributed by atoms with Gasteiger partial charge in [0, 0.05) is 24.8 Å². The Morgan fingerprint density at radius 3 is 2.67 bits per heavy atom. The summed E-state index contributed by atoms with van der Waals surface area (Å²) in [6.45, 7) is 8.54. The predicted molar refractivity (Wildman–Crippen MR) is 74.7 cm³/mol. The van der Waals surface area contributed by atoms with Gasteiger partial charge in [-0.15, -0.1) is 0 Å². The van der Waals surface area contributed by atoms with Crippen molar-refractivity contribution in [3.8, 4) is 0 Å². The quantitative estimate of drug-likeness (QED) is 0.892. The lowest BCUT2D eigenvalue weighted by atomic mass is 9.78. The minimum Gasteiger partial charge on any atom is -0.389 e. The SMILES string of the molecule is CCC1(C)CCN(c2ncccc2[C@@H](C)O)CC1. The van der Waals surface area contributed by atoms with E-state index in [-0.39, 0.29) is 0 Å². The highest BCUT2D eigenvalue weighted by Crippen LogP contribution is 2.36. The highest BCUT2D eigenvalue weighted by molar-refractivity contribution is 5.48. The molecule has 18 heavy (non-hydrogen) atoms. The van der Waals surface area contributed by atoms with Crippen LogP contribution in [0.15, 0.2) is 18.3 Å². The molecule has 1 aromatic rings. The van der Waals surface area contributed by atoms with Crippen LogP contribution in [-0.2, 0) is 0 Å². The maximum absolute atomic E-state index is 9.82. The van der Waals surface area contributed by atoms with Crippen LogP contribution < -0.4 is 4.90 Å². The van der Waals surface area contributed by atoms with Crippen molar-refractivity contribution < 1.29 is 5.11 Å². The van der Waals surface area contributed by atoms with E-state index < -0.39 is 6.10 Å². The average Bonchev–Trinajstić information content (AvgIpc) is 2.39. The van der Waals surface area contributed by atoms with E-state index in [1.807, 2.05) is 18.3 Å². The Labute approximate surface area is 110 Å². The summed E-state index contributed by atoms with van der Waals surface area (Å²) < 4.78 is 0. The van der Waals surface area contributed by atoms with E-state index in [4.69, 9.17) is 0 Å². The van der Waals surface area contributed by atoms with Crippen molar-refractivity contribution in [2.75, 3.05) is 18.0 Å². The van der Waals surface area contributed by atoms with Crippen LogP contribution in [0.4, 0.5) is 5.82 Å². The van der Waals surface area contributed by atoms with Crippen LogP contribution in [0.3, 0.4) is 0 Å². The van der Waals surface area contributed by atoms with E-state index in [0.29, 0.717) is 5.41 Å². The summed E-state index contributed by atoms with van der Waals surface area (Å²) in [5, 5.41) is 9.82. The average molecular weight is 248 g/mol. The Morgan fingerprint density at radius 2 is 2.11 bits per heavy atom. The van der Waals surface area contributed by atoms with Gasteiger partial charge in [-0.3, -0.25) is 0 Å². The summed E-state index contributed by atoms with van der Waals surface area (Å²) in [6.07, 6.45) is 5.02. The second-order valence-corrected chi connectivity index (χ2v) is 5.74. The van der Waals surface area contributed by atoms with Crippen LogP contribution in [0.1, 0.15) is 51.7 Å². The van der Waals surface area contributed by atoms with E-state index in [1.54, 1.807) is 6.92 Å². The van der Waals surface area contributed by atoms with Crippen molar-refractivity contribution >= 4 is 5.82 Å². The van der Waals surface area contributed by atoms with Crippen molar-refractivity contribution in [2.24, 2.45) is 5.41 Å². The first kappa shape index (κ1) is 13.3. The molecule has 2 heterocycles. The number of pyridine rings is 1. The number of hydrogen-bond donors (Lipinski definition) is 1. The molecule has 0 aromatic carbocycles. The van der Waals surface area contributed by atoms with Crippen LogP contribution >= 0.6 is 0 Å². The molecular formula is C15H24N2O. The second-order valence-electron chi connectivity index (χ2n) is 5.74. The van der Waals surface area contributed by atoms with E-state index in [0.717, 1.165) is 24.5 Å². The van der Waals surface area contributed by atoms with Gasteiger partial charge in [-0.1, -0.05) is 26.3 Å². The lowest BCUT2D eigenvalue weighted by molar-refractivity contribution is 0.198. The first-order chi connectivity index (χ1) is 8.56. The molecule has 100 valence electrons. The van der Waals surface area contributed by atoms with Crippen molar-refractivity contribution in [1.82, 2.24) is 4.98 Å². The summed E-state index contributed by atoms with van der Waals surface area (Å²) in [4.78, 5) is 6.78. The molecule has 1 aromatic heterocycles. The third-order valence-corrected chi connectivity index (χ3v) is 4.39.